The molecule has 8 heteroatoms. The summed E-state index contributed by atoms with van der Waals surface area (Å²) in [7, 11) is 0. The summed E-state index contributed by atoms with van der Waals surface area (Å²) in [5.74, 6) is -2.29. The molecule has 6 nitrogen and oxygen atoms in total. The van der Waals surface area contributed by atoms with Gasteiger partial charge in [0.15, 0.2) is 0 Å². The topological polar surface area (TPSA) is 92.5 Å². The molecule has 0 saturated carbocycles. The van der Waals surface area contributed by atoms with E-state index in [-0.39, 0.29) is 16.3 Å². The number of nitro groups is 1. The van der Waals surface area contributed by atoms with E-state index in [1.807, 2.05) is 0 Å². The van der Waals surface area contributed by atoms with Gasteiger partial charge in [-0.15, -0.1) is 0 Å². The molecule has 0 aliphatic carbocycles. The van der Waals surface area contributed by atoms with Crippen molar-refractivity contribution in [2.45, 2.75) is 0 Å². The molecule has 0 atom stereocenters. The Kier molecular flexibility index (Phi) is 4.04. The van der Waals surface area contributed by atoms with Crippen LogP contribution in [0.15, 0.2) is 36.4 Å². The maximum absolute atomic E-state index is 13.3. The first-order chi connectivity index (χ1) is 9.90. The van der Waals surface area contributed by atoms with Gasteiger partial charge in [0.2, 0.25) is 5.75 Å². The quantitative estimate of drug-likeness (QED) is 0.671. The van der Waals surface area contributed by atoms with Crippen LogP contribution < -0.4 is 5.32 Å². The first-order valence-corrected chi connectivity index (χ1v) is 6.00. The highest BCUT2D eigenvalue weighted by Crippen LogP contribution is 2.30. The van der Waals surface area contributed by atoms with Crippen molar-refractivity contribution in [1.29, 1.82) is 0 Å². The number of phenolic OH excluding ortho intramolecular Hbond substituents is 1. The number of nitrogens with zero attached hydrogens (tertiary/aromatic N) is 1. The number of rotatable bonds is 3. The predicted molar refractivity (Wildman–Crippen MR) is 74.1 cm³/mol. The van der Waals surface area contributed by atoms with Crippen LogP contribution in [0.4, 0.5) is 15.8 Å². The van der Waals surface area contributed by atoms with E-state index in [2.05, 4.69) is 5.32 Å². The molecule has 21 heavy (non-hydrogen) atoms. The first-order valence-electron chi connectivity index (χ1n) is 5.63. The van der Waals surface area contributed by atoms with Gasteiger partial charge in [0, 0.05) is 11.8 Å². The highest BCUT2D eigenvalue weighted by molar-refractivity contribution is 6.30. The molecule has 0 saturated heterocycles. The lowest BCUT2D eigenvalue weighted by Crippen LogP contribution is -2.12. The maximum Gasteiger partial charge on any atom is 0.311 e. The summed E-state index contributed by atoms with van der Waals surface area (Å²) in [5.41, 5.74) is -0.780. The number of nitrogens with one attached hydrogen (secondary N) is 1. The number of para-hydroxylation sites is 1. The summed E-state index contributed by atoms with van der Waals surface area (Å²) in [6.45, 7) is 0. The van der Waals surface area contributed by atoms with Crippen molar-refractivity contribution in [3.05, 3.63) is 62.9 Å². The van der Waals surface area contributed by atoms with E-state index in [0.29, 0.717) is 0 Å². The Morgan fingerprint density at radius 3 is 2.67 bits per heavy atom. The van der Waals surface area contributed by atoms with Crippen LogP contribution in [-0.4, -0.2) is 15.9 Å². The number of benzene rings is 2. The van der Waals surface area contributed by atoms with Gasteiger partial charge in [0.05, 0.1) is 15.5 Å². The molecule has 0 aromatic heterocycles. The van der Waals surface area contributed by atoms with Crippen LogP contribution in [-0.2, 0) is 0 Å². The molecule has 0 heterocycles. The van der Waals surface area contributed by atoms with Gasteiger partial charge in [0.25, 0.3) is 5.91 Å². The molecule has 108 valence electrons. The fraction of sp³-hybridized carbons (Fsp3) is 0. The molecular formula is C13H8ClFN2O4. The Morgan fingerprint density at radius 2 is 2.05 bits per heavy atom. The summed E-state index contributed by atoms with van der Waals surface area (Å²) >= 11 is 5.51. The third-order valence-corrected chi connectivity index (χ3v) is 2.94. The number of aromatic hydroxyl groups is 1. The monoisotopic (exact) mass is 310 g/mol. The molecule has 1 amide bonds. The van der Waals surface area contributed by atoms with E-state index in [1.165, 1.54) is 24.3 Å². The summed E-state index contributed by atoms with van der Waals surface area (Å²) in [6.07, 6.45) is 0. The third-order valence-electron chi connectivity index (χ3n) is 2.63. The fourth-order valence-corrected chi connectivity index (χ4v) is 1.75. The number of phenols is 1. The van der Waals surface area contributed by atoms with Gasteiger partial charge < -0.3 is 10.4 Å². The van der Waals surface area contributed by atoms with Crippen LogP contribution >= 0.6 is 11.6 Å². The van der Waals surface area contributed by atoms with E-state index >= 15 is 0 Å². The number of hydrogen-bond acceptors (Lipinski definition) is 4. The Labute approximate surface area is 122 Å². The maximum atomic E-state index is 13.3. The normalized spacial score (nSPS) is 10.2. The van der Waals surface area contributed by atoms with Gasteiger partial charge >= 0.3 is 5.69 Å². The average molecular weight is 311 g/mol. The second-order valence-corrected chi connectivity index (χ2v) is 4.42. The smallest absolute Gasteiger partial charge is 0.311 e. The molecule has 0 bridgehead atoms. The number of halogens is 2. The number of hydrogen-bond donors (Lipinski definition) is 2. The Bertz CT molecular complexity index is 736. The van der Waals surface area contributed by atoms with Crippen molar-refractivity contribution in [3.63, 3.8) is 0 Å². The number of nitro benzene ring substituents is 1. The van der Waals surface area contributed by atoms with Gasteiger partial charge in [-0.1, -0.05) is 17.7 Å². The van der Waals surface area contributed by atoms with E-state index in [0.717, 1.165) is 12.1 Å². The van der Waals surface area contributed by atoms with Crippen molar-refractivity contribution >= 4 is 28.9 Å². The van der Waals surface area contributed by atoms with Crippen LogP contribution in [0, 0.1) is 15.9 Å². The molecule has 0 aliphatic heterocycles. The fourth-order valence-electron chi connectivity index (χ4n) is 1.63. The standard InChI is InChI=1S/C13H8ClFN2O4/c14-9-5-4-7(6-10(9)15)16-13(19)8-2-1-3-11(12(8)18)17(20)21/h1-6,18H,(H,16,19). The first kappa shape index (κ1) is 14.7. The lowest BCUT2D eigenvalue weighted by atomic mass is 10.1. The molecular weight excluding hydrogens is 303 g/mol. The lowest BCUT2D eigenvalue weighted by Gasteiger charge is -2.07. The van der Waals surface area contributed by atoms with Crippen LogP contribution in [0.2, 0.25) is 5.02 Å². The minimum Gasteiger partial charge on any atom is -0.502 e. The zero-order chi connectivity index (χ0) is 15.6. The average Bonchev–Trinajstić information content (AvgIpc) is 2.42. The Morgan fingerprint density at radius 1 is 1.33 bits per heavy atom. The van der Waals surface area contributed by atoms with Crippen molar-refractivity contribution in [2.75, 3.05) is 5.32 Å². The Hall–Kier alpha value is -2.67. The highest BCUT2D eigenvalue weighted by Gasteiger charge is 2.21. The van der Waals surface area contributed by atoms with Crippen molar-refractivity contribution in [3.8, 4) is 5.75 Å². The third kappa shape index (κ3) is 3.09. The van der Waals surface area contributed by atoms with Gasteiger partial charge in [0.1, 0.15) is 5.82 Å². The molecule has 2 aromatic carbocycles. The summed E-state index contributed by atoms with van der Waals surface area (Å²) < 4.78 is 13.3. The number of carbonyl (C=O) groups is 1. The minimum absolute atomic E-state index is 0.104. The van der Waals surface area contributed by atoms with Crippen molar-refractivity contribution < 1.29 is 19.2 Å². The summed E-state index contributed by atoms with van der Waals surface area (Å²) in [6, 6.07) is 7.14. The predicted octanol–water partition coefficient (Wildman–Crippen LogP) is 3.35. The van der Waals surface area contributed by atoms with Crippen LogP contribution in [0.3, 0.4) is 0 Å². The SMILES string of the molecule is O=C(Nc1ccc(Cl)c(F)c1)c1cccc([N+](=O)[O-])c1O. The number of anilines is 1. The second-order valence-electron chi connectivity index (χ2n) is 4.01. The van der Waals surface area contributed by atoms with Gasteiger partial charge in [-0.25, -0.2) is 4.39 Å². The van der Waals surface area contributed by atoms with Crippen LogP contribution in [0.25, 0.3) is 0 Å². The molecule has 2 N–H and O–H groups in total. The zero-order valence-electron chi connectivity index (χ0n) is 10.3. The minimum atomic E-state index is -0.811. The zero-order valence-corrected chi connectivity index (χ0v) is 11.1. The van der Waals surface area contributed by atoms with Crippen molar-refractivity contribution in [1.82, 2.24) is 0 Å². The van der Waals surface area contributed by atoms with Crippen LogP contribution in [0.1, 0.15) is 10.4 Å². The van der Waals surface area contributed by atoms with E-state index in [4.69, 9.17) is 11.6 Å². The second kappa shape index (κ2) is 5.76. The molecule has 0 radical (unpaired) electrons. The number of carbonyl (C=O) groups excluding carboxylic acids is 1. The largest absolute Gasteiger partial charge is 0.502 e. The van der Waals surface area contributed by atoms with E-state index in [9.17, 15) is 24.4 Å². The van der Waals surface area contributed by atoms with Crippen LogP contribution in [0.5, 0.6) is 5.75 Å². The van der Waals surface area contributed by atoms with Gasteiger partial charge in [-0.05, 0) is 24.3 Å². The number of amides is 1. The Balaban J connectivity index is 2.30. The summed E-state index contributed by atoms with van der Waals surface area (Å²) in [4.78, 5) is 21.8. The molecule has 0 aliphatic rings. The lowest BCUT2D eigenvalue weighted by molar-refractivity contribution is -0.385. The van der Waals surface area contributed by atoms with E-state index < -0.39 is 28.1 Å². The van der Waals surface area contributed by atoms with Gasteiger partial charge in [-0.2, -0.15) is 0 Å². The van der Waals surface area contributed by atoms with E-state index in [1.54, 1.807) is 0 Å². The van der Waals surface area contributed by atoms with Gasteiger partial charge in [-0.3, -0.25) is 14.9 Å². The summed E-state index contributed by atoms with van der Waals surface area (Å²) in [5, 5.41) is 22.6. The molecule has 0 fully saturated rings. The molecule has 2 aromatic rings. The molecule has 0 unspecified atom stereocenters. The molecule has 2 rings (SSSR count). The van der Waals surface area contributed by atoms with Crippen molar-refractivity contribution in [2.24, 2.45) is 0 Å². The molecule has 0 spiro atoms. The highest BCUT2D eigenvalue weighted by atomic mass is 35.5.